The minimum atomic E-state index is -0.209. The van der Waals surface area contributed by atoms with E-state index in [0.717, 1.165) is 25.7 Å². The Bertz CT molecular complexity index is 183. The molecule has 3 atom stereocenters. The summed E-state index contributed by atoms with van der Waals surface area (Å²) >= 11 is 0. The Balaban J connectivity index is 2.42. The molecule has 13 heavy (non-hydrogen) atoms. The first-order valence-corrected chi connectivity index (χ1v) is 5.09. The zero-order valence-electron chi connectivity index (χ0n) is 8.53. The van der Waals surface area contributed by atoms with Crippen LogP contribution in [0.3, 0.4) is 0 Å². The third-order valence-electron chi connectivity index (χ3n) is 2.74. The molecule has 0 spiro atoms. The largest absolute Gasteiger partial charge is 0.393 e. The molecule has 1 fully saturated rings. The molecule has 0 amide bonds. The van der Waals surface area contributed by atoms with Crippen molar-refractivity contribution < 1.29 is 10.2 Å². The summed E-state index contributed by atoms with van der Waals surface area (Å²) in [7, 11) is 0. The van der Waals surface area contributed by atoms with Crippen molar-refractivity contribution in [3.05, 3.63) is 11.6 Å². The van der Waals surface area contributed by atoms with Crippen molar-refractivity contribution in [1.82, 2.24) is 0 Å². The van der Waals surface area contributed by atoms with Gasteiger partial charge in [-0.2, -0.15) is 0 Å². The zero-order valence-corrected chi connectivity index (χ0v) is 8.53. The number of allylic oxidation sites excluding steroid dienone is 2. The second-order valence-corrected chi connectivity index (χ2v) is 4.31. The van der Waals surface area contributed by atoms with Crippen LogP contribution in [-0.4, -0.2) is 22.4 Å². The molecule has 0 saturated heterocycles. The quantitative estimate of drug-likeness (QED) is 0.643. The summed E-state index contributed by atoms with van der Waals surface area (Å²) in [6.07, 6.45) is 4.91. The first-order chi connectivity index (χ1) is 6.09. The predicted octanol–water partition coefficient (Wildman–Crippen LogP) is 1.86. The van der Waals surface area contributed by atoms with E-state index in [-0.39, 0.29) is 18.1 Å². The smallest absolute Gasteiger partial charge is 0.0573 e. The first-order valence-electron chi connectivity index (χ1n) is 5.09. The van der Waals surface area contributed by atoms with Gasteiger partial charge in [0.05, 0.1) is 12.2 Å². The average Bonchev–Trinajstić information content (AvgIpc) is 2.06. The Labute approximate surface area is 80.3 Å². The minimum Gasteiger partial charge on any atom is -0.393 e. The molecule has 1 rings (SSSR count). The highest BCUT2D eigenvalue weighted by atomic mass is 16.3. The number of aliphatic hydroxyl groups excluding tert-OH is 2. The molecular weight excluding hydrogens is 164 g/mol. The van der Waals surface area contributed by atoms with Crippen LogP contribution in [0.4, 0.5) is 0 Å². The molecule has 0 bridgehead atoms. The fourth-order valence-corrected chi connectivity index (χ4v) is 1.86. The van der Waals surface area contributed by atoms with Gasteiger partial charge in [0.25, 0.3) is 0 Å². The van der Waals surface area contributed by atoms with Gasteiger partial charge in [-0.3, -0.25) is 0 Å². The lowest BCUT2D eigenvalue weighted by Gasteiger charge is -2.30. The normalized spacial score (nSPS) is 34.3. The van der Waals surface area contributed by atoms with E-state index in [2.05, 4.69) is 19.9 Å². The fourth-order valence-electron chi connectivity index (χ4n) is 1.86. The molecule has 0 unspecified atom stereocenters. The molecule has 1 aliphatic rings. The van der Waals surface area contributed by atoms with E-state index in [9.17, 15) is 10.2 Å². The monoisotopic (exact) mass is 184 g/mol. The highest BCUT2D eigenvalue weighted by Gasteiger charge is 2.26. The summed E-state index contributed by atoms with van der Waals surface area (Å²) in [5, 5.41) is 19.1. The van der Waals surface area contributed by atoms with E-state index in [1.54, 1.807) is 0 Å². The predicted molar refractivity (Wildman–Crippen MR) is 53.4 cm³/mol. The van der Waals surface area contributed by atoms with Crippen molar-refractivity contribution in [2.24, 2.45) is 5.92 Å². The Morgan fingerprint density at radius 3 is 2.62 bits per heavy atom. The van der Waals surface area contributed by atoms with Gasteiger partial charge in [-0.1, -0.05) is 11.6 Å². The van der Waals surface area contributed by atoms with Crippen LogP contribution in [0.15, 0.2) is 11.6 Å². The first kappa shape index (κ1) is 10.7. The van der Waals surface area contributed by atoms with E-state index in [4.69, 9.17) is 0 Å². The van der Waals surface area contributed by atoms with Gasteiger partial charge in [-0.15, -0.1) is 0 Å². The molecule has 0 heterocycles. The molecule has 76 valence electrons. The van der Waals surface area contributed by atoms with Gasteiger partial charge >= 0.3 is 0 Å². The van der Waals surface area contributed by atoms with E-state index in [1.165, 1.54) is 5.57 Å². The molecule has 2 heteroatoms. The van der Waals surface area contributed by atoms with Crippen LogP contribution in [-0.2, 0) is 0 Å². The van der Waals surface area contributed by atoms with Crippen molar-refractivity contribution in [2.75, 3.05) is 0 Å². The molecule has 1 saturated carbocycles. The van der Waals surface area contributed by atoms with Crippen LogP contribution in [0.2, 0.25) is 0 Å². The van der Waals surface area contributed by atoms with Crippen LogP contribution in [0.25, 0.3) is 0 Å². The van der Waals surface area contributed by atoms with E-state index < -0.39 is 0 Å². The van der Waals surface area contributed by atoms with Crippen molar-refractivity contribution in [1.29, 1.82) is 0 Å². The second-order valence-electron chi connectivity index (χ2n) is 4.31. The van der Waals surface area contributed by atoms with Crippen LogP contribution in [0.5, 0.6) is 0 Å². The molecule has 1 aliphatic carbocycles. The summed E-state index contributed by atoms with van der Waals surface area (Å²) in [4.78, 5) is 0. The van der Waals surface area contributed by atoms with Gasteiger partial charge in [0, 0.05) is 0 Å². The molecule has 2 nitrogen and oxygen atoms in total. The second kappa shape index (κ2) is 4.77. The van der Waals surface area contributed by atoms with Crippen LogP contribution < -0.4 is 0 Å². The Kier molecular flexibility index (Phi) is 3.94. The van der Waals surface area contributed by atoms with Crippen molar-refractivity contribution in [3.63, 3.8) is 0 Å². The van der Waals surface area contributed by atoms with Crippen molar-refractivity contribution in [3.8, 4) is 0 Å². The van der Waals surface area contributed by atoms with Crippen molar-refractivity contribution >= 4 is 0 Å². The van der Waals surface area contributed by atoms with E-state index in [0.29, 0.717) is 0 Å². The number of rotatable bonds is 2. The molecular formula is C11H20O2. The molecule has 0 radical (unpaired) electrons. The maximum Gasteiger partial charge on any atom is 0.0573 e. The summed E-state index contributed by atoms with van der Waals surface area (Å²) < 4.78 is 0. The third kappa shape index (κ3) is 3.49. The van der Waals surface area contributed by atoms with E-state index >= 15 is 0 Å². The maximum absolute atomic E-state index is 9.66. The molecule has 0 aliphatic heterocycles. The van der Waals surface area contributed by atoms with Crippen molar-refractivity contribution in [2.45, 2.75) is 51.7 Å². The summed E-state index contributed by atoms with van der Waals surface area (Å²) in [6, 6.07) is 0. The van der Waals surface area contributed by atoms with Gasteiger partial charge in [0.15, 0.2) is 0 Å². The van der Waals surface area contributed by atoms with Gasteiger partial charge in [-0.05, 0) is 45.4 Å². The lowest BCUT2D eigenvalue weighted by molar-refractivity contribution is 0.00816. The summed E-state index contributed by atoms with van der Waals surface area (Å²) in [5.74, 6) is 0.263. The van der Waals surface area contributed by atoms with Gasteiger partial charge in [0.2, 0.25) is 0 Å². The summed E-state index contributed by atoms with van der Waals surface area (Å²) in [5.41, 5.74) is 1.28. The number of aliphatic hydroxyl groups is 2. The molecule has 2 N–H and O–H groups in total. The SMILES string of the molecule is CC(C)=CC[C@@H]1C[C@H](O)CC[C@@H]1O. The Morgan fingerprint density at radius 2 is 2.00 bits per heavy atom. The van der Waals surface area contributed by atoms with E-state index in [1.807, 2.05) is 0 Å². The van der Waals surface area contributed by atoms with Gasteiger partial charge < -0.3 is 10.2 Å². The number of hydrogen-bond donors (Lipinski definition) is 2. The Hall–Kier alpha value is -0.340. The van der Waals surface area contributed by atoms with Crippen LogP contribution in [0, 0.1) is 5.92 Å². The standard InChI is InChI=1S/C11H20O2/c1-8(2)3-4-9-7-10(12)5-6-11(9)13/h3,9-13H,4-7H2,1-2H3/t9-,10-,11+/m1/s1. The van der Waals surface area contributed by atoms with Crippen LogP contribution in [0.1, 0.15) is 39.5 Å². The number of hydrogen-bond acceptors (Lipinski definition) is 2. The minimum absolute atomic E-state index is 0.195. The lowest BCUT2D eigenvalue weighted by Crippen LogP contribution is -2.31. The highest BCUT2D eigenvalue weighted by Crippen LogP contribution is 2.27. The highest BCUT2D eigenvalue weighted by molar-refractivity contribution is 4.96. The molecule has 0 aromatic carbocycles. The summed E-state index contributed by atoms with van der Waals surface area (Å²) in [6.45, 7) is 4.12. The molecule has 0 aromatic rings. The Morgan fingerprint density at radius 1 is 1.31 bits per heavy atom. The van der Waals surface area contributed by atoms with Crippen LogP contribution >= 0.6 is 0 Å². The third-order valence-corrected chi connectivity index (χ3v) is 2.74. The van der Waals surface area contributed by atoms with Gasteiger partial charge in [0.1, 0.15) is 0 Å². The van der Waals surface area contributed by atoms with Gasteiger partial charge in [-0.25, -0.2) is 0 Å². The average molecular weight is 184 g/mol. The topological polar surface area (TPSA) is 40.5 Å². The lowest BCUT2D eigenvalue weighted by atomic mass is 9.82. The maximum atomic E-state index is 9.66. The fraction of sp³-hybridized carbons (Fsp3) is 0.818. The molecule has 0 aromatic heterocycles. The zero-order chi connectivity index (χ0) is 9.84.